The predicted octanol–water partition coefficient (Wildman–Crippen LogP) is 0.225. The SMILES string of the molecule is O=C(O)CCc1c[nH]c(P(=O)=O)n1. The highest BCUT2D eigenvalue weighted by Crippen LogP contribution is 2.02. The molecule has 0 fully saturated rings. The number of aryl methyl sites for hydroxylation is 1. The zero-order valence-electron chi connectivity index (χ0n) is 6.56. The molecule has 0 spiro atoms. The molecular weight excluding hydrogens is 195 g/mol. The number of nitrogens with zero attached hydrogens (tertiary/aromatic N) is 1. The summed E-state index contributed by atoms with van der Waals surface area (Å²) in [6.45, 7) is 0. The number of hydrogen-bond acceptors (Lipinski definition) is 4. The monoisotopic (exact) mass is 202 g/mol. The first-order valence-electron chi connectivity index (χ1n) is 3.50. The van der Waals surface area contributed by atoms with Crippen molar-refractivity contribution in [3.8, 4) is 0 Å². The summed E-state index contributed by atoms with van der Waals surface area (Å²) in [6, 6.07) is 0. The van der Waals surface area contributed by atoms with Gasteiger partial charge in [-0.25, -0.2) is 14.1 Å². The van der Waals surface area contributed by atoms with Crippen LogP contribution in [-0.4, -0.2) is 21.0 Å². The minimum absolute atomic E-state index is 0.0556. The van der Waals surface area contributed by atoms with Crippen LogP contribution in [0, 0.1) is 0 Å². The second kappa shape index (κ2) is 4.00. The van der Waals surface area contributed by atoms with Crippen LogP contribution in [0.25, 0.3) is 0 Å². The molecule has 7 heteroatoms. The van der Waals surface area contributed by atoms with Crippen LogP contribution in [0.2, 0.25) is 0 Å². The standard InChI is InChI=1S/C6H7N2O4P/c9-5(10)2-1-4-3-7-6(8-4)13(11)12/h3H,1-2H2,(H,7,8)(H,9,10). The Bertz CT molecular complexity index is 374. The number of carboxylic acids is 1. The largest absolute Gasteiger partial charge is 0.481 e. The van der Waals surface area contributed by atoms with E-state index in [-0.39, 0.29) is 18.4 Å². The second-order valence-electron chi connectivity index (χ2n) is 2.37. The van der Waals surface area contributed by atoms with Gasteiger partial charge in [-0.1, -0.05) is 0 Å². The minimum Gasteiger partial charge on any atom is -0.481 e. The highest BCUT2D eigenvalue weighted by Gasteiger charge is 2.06. The zero-order chi connectivity index (χ0) is 9.84. The number of hydrogen-bond donors (Lipinski definition) is 2. The Morgan fingerprint density at radius 2 is 2.31 bits per heavy atom. The number of aromatic amines is 1. The van der Waals surface area contributed by atoms with Gasteiger partial charge in [0.25, 0.3) is 0 Å². The van der Waals surface area contributed by atoms with Crippen molar-refractivity contribution in [3.05, 3.63) is 11.9 Å². The van der Waals surface area contributed by atoms with Crippen LogP contribution in [0.4, 0.5) is 0 Å². The fourth-order valence-corrected chi connectivity index (χ4v) is 1.19. The first-order valence-corrected chi connectivity index (χ1v) is 4.68. The van der Waals surface area contributed by atoms with E-state index < -0.39 is 13.6 Å². The van der Waals surface area contributed by atoms with E-state index >= 15 is 0 Å². The second-order valence-corrected chi connectivity index (χ2v) is 3.30. The average molecular weight is 202 g/mol. The molecule has 1 rings (SSSR count). The maximum absolute atomic E-state index is 10.4. The van der Waals surface area contributed by atoms with Crippen LogP contribution in [0.3, 0.4) is 0 Å². The van der Waals surface area contributed by atoms with Crippen molar-refractivity contribution < 1.29 is 19.0 Å². The quantitative estimate of drug-likeness (QED) is 0.680. The highest BCUT2D eigenvalue weighted by molar-refractivity contribution is 7.39. The van der Waals surface area contributed by atoms with Crippen molar-refractivity contribution in [2.24, 2.45) is 0 Å². The fourth-order valence-electron chi connectivity index (χ4n) is 0.805. The Morgan fingerprint density at radius 1 is 1.62 bits per heavy atom. The van der Waals surface area contributed by atoms with Gasteiger partial charge in [-0.05, 0) is 0 Å². The lowest BCUT2D eigenvalue weighted by Gasteiger charge is -1.88. The van der Waals surface area contributed by atoms with Crippen LogP contribution >= 0.6 is 7.68 Å². The molecule has 0 aliphatic rings. The lowest BCUT2D eigenvalue weighted by atomic mass is 10.2. The molecule has 1 heterocycles. The molecule has 6 nitrogen and oxygen atoms in total. The zero-order valence-corrected chi connectivity index (χ0v) is 7.45. The molecule has 0 atom stereocenters. The summed E-state index contributed by atoms with van der Waals surface area (Å²) in [5.41, 5.74) is 0.312. The van der Waals surface area contributed by atoms with E-state index in [2.05, 4.69) is 9.97 Å². The van der Waals surface area contributed by atoms with E-state index in [1.54, 1.807) is 0 Å². The van der Waals surface area contributed by atoms with Gasteiger partial charge in [0.1, 0.15) is 0 Å². The number of carboxylic acid groups (broad SMARTS) is 1. The van der Waals surface area contributed by atoms with E-state index in [0.29, 0.717) is 5.69 Å². The van der Waals surface area contributed by atoms with Crippen LogP contribution < -0.4 is 5.57 Å². The predicted molar refractivity (Wildman–Crippen MR) is 42.5 cm³/mol. The summed E-state index contributed by atoms with van der Waals surface area (Å²) in [6.07, 6.45) is 1.57. The van der Waals surface area contributed by atoms with Crippen LogP contribution in [0.1, 0.15) is 12.1 Å². The maximum atomic E-state index is 10.4. The van der Waals surface area contributed by atoms with E-state index in [9.17, 15) is 13.9 Å². The summed E-state index contributed by atoms with van der Waals surface area (Å²) in [5.74, 6) is -0.934. The van der Waals surface area contributed by atoms with E-state index in [0.717, 1.165) is 0 Å². The number of H-pyrrole nitrogens is 1. The molecule has 1 aromatic heterocycles. The van der Waals surface area contributed by atoms with Crippen molar-refractivity contribution >= 4 is 19.2 Å². The van der Waals surface area contributed by atoms with Gasteiger partial charge >= 0.3 is 13.6 Å². The van der Waals surface area contributed by atoms with Crippen molar-refractivity contribution in [1.82, 2.24) is 9.97 Å². The molecule has 1 aromatic rings. The molecule has 0 saturated heterocycles. The summed E-state index contributed by atoms with van der Waals surface area (Å²) < 4.78 is 20.8. The Kier molecular flexibility index (Phi) is 2.97. The summed E-state index contributed by atoms with van der Waals surface area (Å²) >= 11 is 0. The molecule has 0 radical (unpaired) electrons. The molecule has 0 amide bonds. The lowest BCUT2D eigenvalue weighted by molar-refractivity contribution is -0.136. The Morgan fingerprint density at radius 3 is 2.77 bits per heavy atom. The van der Waals surface area contributed by atoms with E-state index in [1.165, 1.54) is 6.20 Å². The molecule has 0 unspecified atom stereocenters. The van der Waals surface area contributed by atoms with Crippen molar-refractivity contribution in [1.29, 1.82) is 0 Å². The number of carbonyl (C=O) groups is 1. The smallest absolute Gasteiger partial charge is 0.385 e. The molecule has 0 saturated carbocycles. The van der Waals surface area contributed by atoms with Gasteiger partial charge < -0.3 is 10.1 Å². The number of aliphatic carboxylic acids is 1. The molecule has 2 N–H and O–H groups in total. The van der Waals surface area contributed by atoms with Crippen LogP contribution in [0.5, 0.6) is 0 Å². The third kappa shape index (κ3) is 2.83. The van der Waals surface area contributed by atoms with Crippen LogP contribution in [-0.2, 0) is 20.3 Å². The Hall–Kier alpha value is -1.42. The van der Waals surface area contributed by atoms with Crippen molar-refractivity contribution in [2.45, 2.75) is 12.8 Å². The van der Waals surface area contributed by atoms with Gasteiger partial charge in [0.15, 0.2) is 0 Å². The lowest BCUT2D eigenvalue weighted by Crippen LogP contribution is -2.00. The van der Waals surface area contributed by atoms with Gasteiger partial charge in [-0.2, -0.15) is 0 Å². The third-order valence-corrected chi connectivity index (χ3v) is 1.96. The molecule has 13 heavy (non-hydrogen) atoms. The van der Waals surface area contributed by atoms with E-state index in [1.807, 2.05) is 0 Å². The third-order valence-electron chi connectivity index (χ3n) is 1.39. The van der Waals surface area contributed by atoms with Gasteiger partial charge in [0, 0.05) is 12.6 Å². The van der Waals surface area contributed by atoms with Gasteiger partial charge in [-0.3, -0.25) is 4.79 Å². The topological polar surface area (TPSA) is 100 Å². The van der Waals surface area contributed by atoms with Gasteiger partial charge in [0.2, 0.25) is 5.57 Å². The van der Waals surface area contributed by atoms with Gasteiger partial charge in [-0.15, -0.1) is 0 Å². The fraction of sp³-hybridized carbons (Fsp3) is 0.333. The van der Waals surface area contributed by atoms with Gasteiger partial charge in [0.05, 0.1) is 12.1 Å². The Labute approximate surface area is 73.8 Å². The Balaban J connectivity index is 2.64. The summed E-state index contributed by atoms with van der Waals surface area (Å²) in [4.78, 5) is 16.3. The minimum atomic E-state index is -2.71. The van der Waals surface area contributed by atoms with Crippen molar-refractivity contribution in [3.63, 3.8) is 0 Å². The molecule has 0 aliphatic heterocycles. The summed E-state index contributed by atoms with van der Waals surface area (Å²) in [5, 5.41) is 8.33. The average Bonchev–Trinajstić information content (AvgIpc) is 2.48. The first kappa shape index (κ1) is 9.67. The van der Waals surface area contributed by atoms with E-state index in [4.69, 9.17) is 5.11 Å². The molecule has 0 aromatic carbocycles. The maximum Gasteiger partial charge on any atom is 0.385 e. The molecule has 0 aliphatic carbocycles. The molecular formula is C6H7N2O4P. The number of aromatic nitrogens is 2. The first-order chi connectivity index (χ1) is 6.09. The normalized spacial score (nSPS) is 9.85. The van der Waals surface area contributed by atoms with Crippen LogP contribution in [0.15, 0.2) is 6.20 Å². The van der Waals surface area contributed by atoms with Crippen molar-refractivity contribution in [2.75, 3.05) is 0 Å². The molecule has 70 valence electrons. The summed E-state index contributed by atoms with van der Waals surface area (Å²) in [7, 11) is -2.71. The highest BCUT2D eigenvalue weighted by atomic mass is 31.1. The number of nitrogens with one attached hydrogen (secondary N) is 1. The number of rotatable bonds is 4. The molecule has 0 bridgehead atoms. The number of imidazole rings is 1.